The van der Waals surface area contributed by atoms with Gasteiger partial charge >= 0.3 is 0 Å². The van der Waals surface area contributed by atoms with Gasteiger partial charge in [-0.05, 0) is 18.6 Å². The molecule has 3 aliphatic rings. The molecule has 1 heterocycles. The van der Waals surface area contributed by atoms with E-state index in [1.54, 1.807) is 60.7 Å². The molecule has 0 saturated heterocycles. The molecule has 0 amide bonds. The van der Waals surface area contributed by atoms with Crippen LogP contribution >= 0.6 is 0 Å². The van der Waals surface area contributed by atoms with Crippen LogP contribution in [0.4, 0.5) is 11.4 Å². The molecule has 4 aromatic carbocycles. The third-order valence-corrected chi connectivity index (χ3v) is 8.41. The summed E-state index contributed by atoms with van der Waals surface area (Å²) in [5.41, 5.74) is 4.96. The summed E-state index contributed by atoms with van der Waals surface area (Å²) in [7, 11) is 0. The van der Waals surface area contributed by atoms with Crippen LogP contribution in [-0.4, -0.2) is 65.8 Å². The number of carbonyl (C=O) groups excluding carboxylic acids is 4. The zero-order valence-electron chi connectivity index (χ0n) is 24.0. The molecule has 0 saturated carbocycles. The summed E-state index contributed by atoms with van der Waals surface area (Å²) in [4.78, 5) is 56.9. The Morgan fingerprint density at radius 1 is 0.477 bits per heavy atom. The molecule has 0 spiro atoms. The number of benzene rings is 4. The molecular formula is C36H30N4O4. The van der Waals surface area contributed by atoms with Crippen molar-refractivity contribution < 1.29 is 19.2 Å². The van der Waals surface area contributed by atoms with Crippen LogP contribution in [0, 0.1) is 0 Å². The first-order valence-corrected chi connectivity index (χ1v) is 14.8. The standard InChI is InChI=1S/C36H30N4O4/c41-33-23-8-1-3-10-25(23)35(43)31-27(33)12-5-14-29(31)37-16-7-18-39-20-21-40(22-39)19-17-38-30-15-6-13-28-32(30)36(44)26-11-4-2-9-24(26)34(28)42/h1-6,8-15,20-21,37-38H,7,16-19,22H2. The normalized spacial score (nSPS) is 14.7. The summed E-state index contributed by atoms with van der Waals surface area (Å²) in [6, 6.07) is 24.7. The van der Waals surface area contributed by atoms with Gasteiger partial charge in [0, 0.05) is 83.3 Å². The Kier molecular flexibility index (Phi) is 7.02. The number of nitrogens with zero attached hydrogens (tertiary/aromatic N) is 2. The van der Waals surface area contributed by atoms with Crippen molar-refractivity contribution in [3.05, 3.63) is 142 Å². The summed E-state index contributed by atoms with van der Waals surface area (Å²) >= 11 is 0. The molecule has 0 radical (unpaired) electrons. The first-order valence-electron chi connectivity index (χ1n) is 14.8. The Morgan fingerprint density at radius 3 is 1.43 bits per heavy atom. The highest BCUT2D eigenvalue weighted by Gasteiger charge is 2.32. The molecule has 218 valence electrons. The maximum atomic E-state index is 13.2. The van der Waals surface area contributed by atoms with Crippen LogP contribution < -0.4 is 10.6 Å². The van der Waals surface area contributed by atoms with Crippen molar-refractivity contribution in [2.45, 2.75) is 6.42 Å². The number of hydrogen-bond donors (Lipinski definition) is 2. The maximum absolute atomic E-state index is 13.2. The van der Waals surface area contributed by atoms with Gasteiger partial charge in [0.15, 0.2) is 23.1 Å². The van der Waals surface area contributed by atoms with E-state index in [1.165, 1.54) is 0 Å². The van der Waals surface area contributed by atoms with Crippen LogP contribution in [0.15, 0.2) is 97.3 Å². The number of anilines is 2. The van der Waals surface area contributed by atoms with Gasteiger partial charge in [-0.1, -0.05) is 72.8 Å². The summed E-state index contributed by atoms with van der Waals surface area (Å²) in [6.45, 7) is 3.54. The molecule has 44 heavy (non-hydrogen) atoms. The number of fused-ring (bicyclic) bond motifs is 4. The fourth-order valence-electron chi connectivity index (χ4n) is 6.23. The molecule has 0 atom stereocenters. The van der Waals surface area contributed by atoms with E-state index >= 15 is 0 Å². The number of hydrogen-bond acceptors (Lipinski definition) is 8. The van der Waals surface area contributed by atoms with Crippen molar-refractivity contribution in [1.82, 2.24) is 9.80 Å². The molecule has 0 aromatic heterocycles. The average Bonchev–Trinajstić information content (AvgIpc) is 3.51. The lowest BCUT2D eigenvalue weighted by Gasteiger charge is -2.23. The highest BCUT2D eigenvalue weighted by atomic mass is 16.1. The molecule has 8 nitrogen and oxygen atoms in total. The number of nitrogens with one attached hydrogen (secondary N) is 2. The molecule has 4 aromatic rings. The second-order valence-corrected chi connectivity index (χ2v) is 11.1. The van der Waals surface area contributed by atoms with Crippen molar-refractivity contribution in [3.8, 4) is 0 Å². The van der Waals surface area contributed by atoms with Gasteiger partial charge < -0.3 is 20.4 Å². The first-order chi connectivity index (χ1) is 21.5. The van der Waals surface area contributed by atoms with E-state index in [9.17, 15) is 19.2 Å². The molecule has 2 N–H and O–H groups in total. The first kappa shape index (κ1) is 27.3. The quantitative estimate of drug-likeness (QED) is 0.225. The molecule has 0 unspecified atom stereocenters. The van der Waals surface area contributed by atoms with E-state index in [0.29, 0.717) is 69.0 Å². The minimum atomic E-state index is -0.129. The lowest BCUT2D eigenvalue weighted by atomic mass is 9.83. The van der Waals surface area contributed by atoms with Crippen LogP contribution in [0.25, 0.3) is 0 Å². The van der Waals surface area contributed by atoms with E-state index < -0.39 is 0 Å². The molecule has 0 bridgehead atoms. The van der Waals surface area contributed by atoms with Crippen LogP contribution in [0.5, 0.6) is 0 Å². The fourth-order valence-corrected chi connectivity index (χ4v) is 6.23. The molecule has 0 fully saturated rings. The van der Waals surface area contributed by atoms with Gasteiger partial charge in [0.1, 0.15) is 0 Å². The lowest BCUT2D eigenvalue weighted by Crippen LogP contribution is -2.30. The van der Waals surface area contributed by atoms with Gasteiger partial charge in [-0.3, -0.25) is 19.2 Å². The van der Waals surface area contributed by atoms with Gasteiger partial charge in [-0.25, -0.2) is 0 Å². The Morgan fingerprint density at radius 2 is 0.909 bits per heavy atom. The number of ketones is 4. The van der Waals surface area contributed by atoms with E-state index in [2.05, 4.69) is 32.8 Å². The zero-order chi connectivity index (χ0) is 30.2. The third-order valence-electron chi connectivity index (χ3n) is 8.41. The minimum Gasteiger partial charge on any atom is -0.384 e. The van der Waals surface area contributed by atoms with Gasteiger partial charge in [0.05, 0.1) is 17.8 Å². The number of rotatable bonds is 9. The topological polar surface area (TPSA) is 98.8 Å². The van der Waals surface area contributed by atoms with Crippen LogP contribution in [-0.2, 0) is 0 Å². The van der Waals surface area contributed by atoms with Crippen molar-refractivity contribution >= 4 is 34.5 Å². The van der Waals surface area contributed by atoms with Crippen molar-refractivity contribution in [3.63, 3.8) is 0 Å². The second kappa shape index (κ2) is 11.3. The van der Waals surface area contributed by atoms with Gasteiger partial charge in [-0.2, -0.15) is 0 Å². The molecule has 2 aliphatic carbocycles. The van der Waals surface area contributed by atoms with Gasteiger partial charge in [0.25, 0.3) is 0 Å². The Bertz CT molecular complexity index is 1880. The lowest BCUT2D eigenvalue weighted by molar-refractivity contribution is 0.0979. The fraction of sp³-hybridized carbons (Fsp3) is 0.167. The summed E-state index contributed by atoms with van der Waals surface area (Å²) in [5, 5.41) is 6.76. The predicted octanol–water partition coefficient (Wildman–Crippen LogP) is 5.20. The average molecular weight is 583 g/mol. The molecular weight excluding hydrogens is 552 g/mol. The third kappa shape index (κ3) is 4.74. The van der Waals surface area contributed by atoms with Crippen LogP contribution in [0.3, 0.4) is 0 Å². The van der Waals surface area contributed by atoms with E-state index in [4.69, 9.17) is 0 Å². The van der Waals surface area contributed by atoms with Gasteiger partial charge in [0.2, 0.25) is 0 Å². The van der Waals surface area contributed by atoms with E-state index in [-0.39, 0.29) is 23.1 Å². The zero-order valence-corrected chi connectivity index (χ0v) is 24.0. The van der Waals surface area contributed by atoms with Crippen LogP contribution in [0.1, 0.15) is 70.1 Å². The highest BCUT2D eigenvalue weighted by molar-refractivity contribution is 6.31. The largest absolute Gasteiger partial charge is 0.384 e. The Balaban J connectivity index is 0.903. The summed E-state index contributed by atoms with van der Waals surface area (Å²) in [5.74, 6) is -0.491. The van der Waals surface area contributed by atoms with Crippen molar-refractivity contribution in [1.29, 1.82) is 0 Å². The maximum Gasteiger partial charge on any atom is 0.196 e. The SMILES string of the molecule is O=C1c2ccccc2C(=O)c2c(NCCCN3C=CN(CCNc4cccc5c4C(=O)c4ccccc4C5=O)C3)cccc21. The molecule has 1 aliphatic heterocycles. The predicted molar refractivity (Wildman–Crippen MR) is 169 cm³/mol. The van der Waals surface area contributed by atoms with Gasteiger partial charge in [-0.15, -0.1) is 0 Å². The molecule has 7 rings (SSSR count). The Labute approximate surface area is 255 Å². The van der Waals surface area contributed by atoms with Crippen LogP contribution in [0.2, 0.25) is 0 Å². The van der Waals surface area contributed by atoms with Crippen molar-refractivity contribution in [2.75, 3.05) is 43.5 Å². The summed E-state index contributed by atoms with van der Waals surface area (Å²) in [6.07, 6.45) is 4.95. The van der Waals surface area contributed by atoms with E-state index in [0.717, 1.165) is 26.2 Å². The molecule has 8 heteroatoms. The van der Waals surface area contributed by atoms with Crippen molar-refractivity contribution in [2.24, 2.45) is 0 Å². The Hall–Kier alpha value is -5.50. The smallest absolute Gasteiger partial charge is 0.196 e. The minimum absolute atomic E-state index is 0.117. The second-order valence-electron chi connectivity index (χ2n) is 11.1. The van der Waals surface area contributed by atoms with E-state index in [1.807, 2.05) is 24.3 Å². The monoisotopic (exact) mass is 582 g/mol. The highest BCUT2D eigenvalue weighted by Crippen LogP contribution is 2.33. The number of carbonyl (C=O) groups is 4. The summed E-state index contributed by atoms with van der Waals surface area (Å²) < 4.78 is 0.